The first-order valence-electron chi connectivity index (χ1n) is 9.99. The Kier molecular flexibility index (Phi) is 9.78. The van der Waals surface area contributed by atoms with Gasteiger partial charge in [-0.2, -0.15) is 0 Å². The molecule has 27 heavy (non-hydrogen) atoms. The van der Waals surface area contributed by atoms with Gasteiger partial charge in [0.1, 0.15) is 0 Å². The molecular formula is C20H34IN5O. The van der Waals surface area contributed by atoms with Crippen LogP contribution in [0.1, 0.15) is 24.5 Å². The minimum Gasteiger partial charge on any atom is -0.379 e. The number of guanidine groups is 1. The average molecular weight is 487 g/mol. The second kappa shape index (κ2) is 11.8. The van der Waals surface area contributed by atoms with Crippen molar-refractivity contribution in [2.24, 2.45) is 10.9 Å². The standard InChI is InChI=1S/C20H33N5O.HI/c1-3-22-20(23-8-5-19-4-7-21-14-17(19)2)25-9-6-18(16-25)15-24-10-12-26-13-11-24;/h4,7,14,18H,3,5-6,8-13,15-16H2,1-2H3,(H,22,23);1H. The zero-order valence-electron chi connectivity index (χ0n) is 16.7. The number of halogens is 1. The first kappa shape index (κ1) is 22.4. The van der Waals surface area contributed by atoms with Crippen molar-refractivity contribution in [1.29, 1.82) is 0 Å². The lowest BCUT2D eigenvalue weighted by Gasteiger charge is -2.29. The molecule has 0 saturated carbocycles. The first-order valence-corrected chi connectivity index (χ1v) is 9.99. The molecule has 0 bridgehead atoms. The van der Waals surface area contributed by atoms with Crippen molar-refractivity contribution in [3.63, 3.8) is 0 Å². The van der Waals surface area contributed by atoms with Crippen molar-refractivity contribution in [3.8, 4) is 0 Å². The summed E-state index contributed by atoms with van der Waals surface area (Å²) in [5.74, 6) is 1.81. The monoisotopic (exact) mass is 487 g/mol. The highest BCUT2D eigenvalue weighted by molar-refractivity contribution is 14.0. The molecule has 2 aliphatic heterocycles. The van der Waals surface area contributed by atoms with E-state index in [4.69, 9.17) is 9.73 Å². The number of nitrogens with zero attached hydrogens (tertiary/aromatic N) is 4. The van der Waals surface area contributed by atoms with E-state index >= 15 is 0 Å². The summed E-state index contributed by atoms with van der Waals surface area (Å²) < 4.78 is 5.46. The van der Waals surface area contributed by atoms with Crippen LogP contribution in [0.3, 0.4) is 0 Å². The quantitative estimate of drug-likeness (QED) is 0.379. The van der Waals surface area contributed by atoms with Crippen LogP contribution in [0.25, 0.3) is 0 Å². The fourth-order valence-electron chi connectivity index (χ4n) is 3.81. The maximum atomic E-state index is 5.46. The summed E-state index contributed by atoms with van der Waals surface area (Å²) in [4.78, 5) is 14.0. The van der Waals surface area contributed by atoms with E-state index in [1.54, 1.807) is 0 Å². The Morgan fingerprint density at radius 1 is 1.33 bits per heavy atom. The zero-order chi connectivity index (χ0) is 18.2. The van der Waals surface area contributed by atoms with Crippen LogP contribution in [0.4, 0.5) is 0 Å². The number of aromatic nitrogens is 1. The molecule has 1 aromatic rings. The molecule has 3 heterocycles. The number of rotatable bonds is 6. The molecule has 1 unspecified atom stereocenters. The van der Waals surface area contributed by atoms with Gasteiger partial charge in [0, 0.05) is 58.2 Å². The Morgan fingerprint density at radius 2 is 2.15 bits per heavy atom. The van der Waals surface area contributed by atoms with E-state index in [0.717, 1.165) is 70.8 Å². The third-order valence-corrected chi connectivity index (χ3v) is 5.32. The number of hydrogen-bond acceptors (Lipinski definition) is 4. The topological polar surface area (TPSA) is 53.0 Å². The van der Waals surface area contributed by atoms with Gasteiger partial charge in [0.2, 0.25) is 0 Å². The number of likely N-dealkylation sites (tertiary alicyclic amines) is 1. The fourth-order valence-corrected chi connectivity index (χ4v) is 3.81. The Labute approximate surface area is 180 Å². The normalized spacial score (nSPS) is 21.2. The Hall–Kier alpha value is -0.930. The third-order valence-electron chi connectivity index (χ3n) is 5.32. The summed E-state index contributed by atoms with van der Waals surface area (Å²) >= 11 is 0. The molecule has 2 fully saturated rings. The van der Waals surface area contributed by atoms with Crippen LogP contribution in [0.5, 0.6) is 0 Å². The summed E-state index contributed by atoms with van der Waals surface area (Å²) in [5, 5.41) is 3.48. The van der Waals surface area contributed by atoms with Gasteiger partial charge in [0.25, 0.3) is 0 Å². The number of aryl methyl sites for hydroxylation is 1. The minimum atomic E-state index is 0. The van der Waals surface area contributed by atoms with Gasteiger partial charge in [-0.15, -0.1) is 24.0 Å². The lowest BCUT2D eigenvalue weighted by Crippen LogP contribution is -2.42. The summed E-state index contributed by atoms with van der Waals surface area (Å²) in [7, 11) is 0. The molecule has 6 nitrogen and oxygen atoms in total. The molecule has 0 radical (unpaired) electrons. The van der Waals surface area contributed by atoms with Crippen molar-refractivity contribution in [3.05, 3.63) is 29.6 Å². The van der Waals surface area contributed by atoms with Gasteiger partial charge in [-0.3, -0.25) is 14.9 Å². The van der Waals surface area contributed by atoms with Crippen molar-refractivity contribution in [1.82, 2.24) is 20.1 Å². The predicted molar refractivity (Wildman–Crippen MR) is 121 cm³/mol. The summed E-state index contributed by atoms with van der Waals surface area (Å²) in [6.07, 6.45) is 6.02. The molecule has 1 atom stereocenters. The van der Waals surface area contributed by atoms with Crippen LogP contribution in [0, 0.1) is 12.8 Å². The second-order valence-electron chi connectivity index (χ2n) is 7.30. The molecule has 2 aliphatic rings. The molecule has 0 amide bonds. The van der Waals surface area contributed by atoms with E-state index in [0.29, 0.717) is 0 Å². The number of nitrogens with one attached hydrogen (secondary N) is 1. The highest BCUT2D eigenvalue weighted by atomic mass is 127. The van der Waals surface area contributed by atoms with Crippen molar-refractivity contribution in [2.45, 2.75) is 26.7 Å². The van der Waals surface area contributed by atoms with E-state index in [1.165, 1.54) is 24.1 Å². The number of hydrogen-bond donors (Lipinski definition) is 1. The van der Waals surface area contributed by atoms with Crippen LogP contribution in [0.2, 0.25) is 0 Å². The van der Waals surface area contributed by atoms with Crippen molar-refractivity contribution in [2.75, 3.05) is 59.0 Å². The summed E-state index contributed by atoms with van der Waals surface area (Å²) in [6.45, 7) is 13.3. The molecule has 1 aromatic heterocycles. The van der Waals surface area contributed by atoms with E-state index in [9.17, 15) is 0 Å². The van der Waals surface area contributed by atoms with Crippen LogP contribution in [0.15, 0.2) is 23.5 Å². The molecule has 3 rings (SSSR count). The van der Waals surface area contributed by atoms with Gasteiger partial charge in [-0.25, -0.2) is 0 Å². The van der Waals surface area contributed by atoms with Crippen LogP contribution < -0.4 is 5.32 Å². The van der Waals surface area contributed by atoms with Crippen LogP contribution >= 0.6 is 24.0 Å². The van der Waals surface area contributed by atoms with Gasteiger partial charge >= 0.3 is 0 Å². The van der Waals surface area contributed by atoms with E-state index in [1.807, 2.05) is 12.4 Å². The maximum Gasteiger partial charge on any atom is 0.193 e. The van der Waals surface area contributed by atoms with E-state index in [-0.39, 0.29) is 24.0 Å². The number of aliphatic imine (C=N–C) groups is 1. The lowest BCUT2D eigenvalue weighted by atomic mass is 10.1. The highest BCUT2D eigenvalue weighted by Gasteiger charge is 2.27. The van der Waals surface area contributed by atoms with Crippen molar-refractivity contribution < 1.29 is 4.74 Å². The molecule has 1 N–H and O–H groups in total. The molecule has 2 saturated heterocycles. The Bertz CT molecular complexity index is 591. The first-order chi connectivity index (χ1) is 12.8. The molecule has 152 valence electrons. The van der Waals surface area contributed by atoms with Gasteiger partial charge < -0.3 is 15.0 Å². The SMILES string of the molecule is CCNC(=NCCc1ccncc1C)N1CCC(CN2CCOCC2)C1.I. The van der Waals surface area contributed by atoms with E-state index in [2.05, 4.69) is 40.0 Å². The maximum absolute atomic E-state index is 5.46. The summed E-state index contributed by atoms with van der Waals surface area (Å²) in [5.41, 5.74) is 2.59. The van der Waals surface area contributed by atoms with Crippen LogP contribution in [-0.4, -0.2) is 79.8 Å². The van der Waals surface area contributed by atoms with Crippen molar-refractivity contribution >= 4 is 29.9 Å². The largest absolute Gasteiger partial charge is 0.379 e. The number of ether oxygens (including phenoxy) is 1. The highest BCUT2D eigenvalue weighted by Crippen LogP contribution is 2.18. The molecule has 7 heteroatoms. The third kappa shape index (κ3) is 6.87. The average Bonchev–Trinajstić information content (AvgIpc) is 3.12. The van der Waals surface area contributed by atoms with Gasteiger partial charge in [0.05, 0.1) is 13.2 Å². The summed E-state index contributed by atoms with van der Waals surface area (Å²) in [6, 6.07) is 2.10. The molecule has 0 aromatic carbocycles. The predicted octanol–water partition coefficient (Wildman–Crippen LogP) is 2.17. The minimum absolute atomic E-state index is 0. The van der Waals surface area contributed by atoms with Gasteiger partial charge in [0.15, 0.2) is 5.96 Å². The molecule has 0 spiro atoms. The van der Waals surface area contributed by atoms with E-state index < -0.39 is 0 Å². The smallest absolute Gasteiger partial charge is 0.193 e. The number of morpholine rings is 1. The van der Waals surface area contributed by atoms with Gasteiger partial charge in [-0.1, -0.05) is 0 Å². The Morgan fingerprint density at radius 3 is 2.89 bits per heavy atom. The fraction of sp³-hybridized carbons (Fsp3) is 0.700. The Balaban J connectivity index is 0.00000261. The molecule has 0 aliphatic carbocycles. The van der Waals surface area contributed by atoms with Gasteiger partial charge in [-0.05, 0) is 49.8 Å². The van der Waals surface area contributed by atoms with Crippen LogP contribution in [-0.2, 0) is 11.2 Å². The molecular weight excluding hydrogens is 453 g/mol. The number of pyridine rings is 1. The second-order valence-corrected chi connectivity index (χ2v) is 7.30. The lowest BCUT2D eigenvalue weighted by molar-refractivity contribution is 0.0315. The zero-order valence-corrected chi connectivity index (χ0v) is 19.0.